The molecule has 0 saturated carbocycles. The summed E-state index contributed by atoms with van der Waals surface area (Å²) in [6, 6.07) is 8.43. The van der Waals surface area contributed by atoms with Crippen LogP contribution < -0.4 is 0 Å². The second kappa shape index (κ2) is 8.86. The SMILES string of the molecule is Cc1ccc(-n2nc(C3CCN(C(C)C)CC3)cc2CC(=O)c2cnn3cccnc23)nc1. The lowest BCUT2D eigenvalue weighted by Gasteiger charge is -2.33. The highest BCUT2D eigenvalue weighted by Gasteiger charge is 2.26. The first-order valence-corrected chi connectivity index (χ1v) is 11.6. The molecule has 0 spiro atoms. The fraction of sp³-hybridized carbons (Fsp3) is 0.400. The molecule has 8 heteroatoms. The zero-order valence-electron chi connectivity index (χ0n) is 19.3. The van der Waals surface area contributed by atoms with Crippen LogP contribution >= 0.6 is 0 Å². The summed E-state index contributed by atoms with van der Waals surface area (Å²) in [4.78, 5) is 24.7. The van der Waals surface area contributed by atoms with Crippen molar-refractivity contribution < 1.29 is 4.79 Å². The van der Waals surface area contributed by atoms with Crippen molar-refractivity contribution in [2.75, 3.05) is 13.1 Å². The van der Waals surface area contributed by atoms with Gasteiger partial charge in [-0.1, -0.05) is 6.07 Å². The molecular weight excluding hydrogens is 414 g/mol. The summed E-state index contributed by atoms with van der Waals surface area (Å²) in [5.41, 5.74) is 4.06. The maximum atomic E-state index is 13.3. The average Bonchev–Trinajstić information content (AvgIpc) is 3.44. The fourth-order valence-corrected chi connectivity index (χ4v) is 4.54. The topological polar surface area (TPSA) is 81.2 Å². The fourth-order valence-electron chi connectivity index (χ4n) is 4.54. The van der Waals surface area contributed by atoms with Gasteiger partial charge in [-0.2, -0.15) is 10.2 Å². The molecule has 0 bridgehead atoms. The highest BCUT2D eigenvalue weighted by atomic mass is 16.1. The lowest BCUT2D eigenvalue weighted by Crippen LogP contribution is -2.37. The van der Waals surface area contributed by atoms with Crippen LogP contribution in [0.3, 0.4) is 0 Å². The molecule has 4 aromatic rings. The number of ketones is 1. The van der Waals surface area contributed by atoms with Gasteiger partial charge in [0.1, 0.15) is 0 Å². The Kier molecular flexibility index (Phi) is 5.76. The second-order valence-corrected chi connectivity index (χ2v) is 9.12. The number of nitrogens with zero attached hydrogens (tertiary/aromatic N) is 7. The number of aromatic nitrogens is 6. The van der Waals surface area contributed by atoms with E-state index in [2.05, 4.69) is 39.9 Å². The van der Waals surface area contributed by atoms with Crippen molar-refractivity contribution in [2.24, 2.45) is 0 Å². The molecule has 0 amide bonds. The van der Waals surface area contributed by atoms with Crippen LogP contribution in [-0.2, 0) is 6.42 Å². The molecular formula is C25H29N7O. The zero-order valence-corrected chi connectivity index (χ0v) is 19.3. The van der Waals surface area contributed by atoms with Gasteiger partial charge in [0.15, 0.2) is 17.2 Å². The molecule has 1 saturated heterocycles. The highest BCUT2D eigenvalue weighted by Crippen LogP contribution is 2.29. The number of likely N-dealkylation sites (tertiary alicyclic amines) is 1. The Bertz CT molecular complexity index is 1260. The van der Waals surface area contributed by atoms with Crippen LogP contribution in [0.1, 0.15) is 59.9 Å². The van der Waals surface area contributed by atoms with E-state index >= 15 is 0 Å². The summed E-state index contributed by atoms with van der Waals surface area (Å²) < 4.78 is 3.46. The molecule has 5 rings (SSSR count). The first-order chi connectivity index (χ1) is 16.0. The van der Waals surface area contributed by atoms with Crippen molar-refractivity contribution in [1.29, 1.82) is 0 Å². The minimum absolute atomic E-state index is 0.0295. The molecule has 0 atom stereocenters. The van der Waals surface area contributed by atoms with Crippen LogP contribution in [0.2, 0.25) is 0 Å². The monoisotopic (exact) mass is 443 g/mol. The van der Waals surface area contributed by atoms with E-state index in [0.717, 1.165) is 48.7 Å². The van der Waals surface area contributed by atoms with Crippen molar-refractivity contribution in [3.63, 3.8) is 0 Å². The number of piperidine rings is 1. The number of fused-ring (bicyclic) bond motifs is 1. The predicted octanol–water partition coefficient (Wildman–Crippen LogP) is 3.63. The number of Topliss-reactive ketones (excluding diaryl/α,β-unsaturated/α-hetero) is 1. The highest BCUT2D eigenvalue weighted by molar-refractivity contribution is 6.02. The lowest BCUT2D eigenvalue weighted by atomic mass is 9.92. The Morgan fingerprint density at radius 2 is 1.97 bits per heavy atom. The minimum atomic E-state index is -0.0295. The van der Waals surface area contributed by atoms with Crippen molar-refractivity contribution in [2.45, 2.75) is 52.0 Å². The molecule has 5 heterocycles. The summed E-state index contributed by atoms with van der Waals surface area (Å²) in [6.45, 7) is 8.64. The first-order valence-electron chi connectivity index (χ1n) is 11.6. The molecule has 0 aromatic carbocycles. The first kappa shape index (κ1) is 21.5. The van der Waals surface area contributed by atoms with Gasteiger partial charge in [-0.05, 0) is 70.5 Å². The smallest absolute Gasteiger partial charge is 0.174 e. The van der Waals surface area contributed by atoms with Crippen molar-refractivity contribution in [3.8, 4) is 5.82 Å². The van der Waals surface area contributed by atoms with Crippen LogP contribution in [-0.4, -0.2) is 59.2 Å². The van der Waals surface area contributed by atoms with E-state index in [9.17, 15) is 4.79 Å². The molecule has 1 aliphatic heterocycles. The van der Waals surface area contributed by atoms with Gasteiger partial charge in [-0.3, -0.25) is 4.79 Å². The number of aryl methyl sites for hydroxylation is 1. The van der Waals surface area contributed by atoms with Gasteiger partial charge in [0, 0.05) is 30.6 Å². The van der Waals surface area contributed by atoms with Gasteiger partial charge in [0.05, 0.1) is 29.6 Å². The third-order valence-electron chi connectivity index (χ3n) is 6.51. The molecule has 8 nitrogen and oxygen atoms in total. The van der Waals surface area contributed by atoms with Crippen molar-refractivity contribution in [1.82, 2.24) is 34.3 Å². The summed E-state index contributed by atoms with van der Waals surface area (Å²) in [7, 11) is 0. The van der Waals surface area contributed by atoms with Gasteiger partial charge < -0.3 is 4.90 Å². The number of carbonyl (C=O) groups excluding carboxylic acids is 1. The number of carbonyl (C=O) groups is 1. The zero-order chi connectivity index (χ0) is 22.9. The van der Waals surface area contributed by atoms with E-state index in [-0.39, 0.29) is 12.2 Å². The molecule has 0 N–H and O–H groups in total. The molecule has 1 aliphatic rings. The van der Waals surface area contributed by atoms with Crippen molar-refractivity contribution >= 4 is 11.4 Å². The van der Waals surface area contributed by atoms with Crippen LogP contribution in [0, 0.1) is 6.92 Å². The van der Waals surface area contributed by atoms with Crippen LogP contribution in [0.15, 0.2) is 49.1 Å². The maximum Gasteiger partial charge on any atom is 0.174 e. The second-order valence-electron chi connectivity index (χ2n) is 9.12. The van der Waals surface area contributed by atoms with Crippen LogP contribution in [0.4, 0.5) is 0 Å². The molecule has 0 unspecified atom stereocenters. The summed E-state index contributed by atoms with van der Waals surface area (Å²) in [5, 5.41) is 9.21. The third kappa shape index (κ3) is 4.30. The molecule has 0 radical (unpaired) electrons. The van der Waals surface area contributed by atoms with Gasteiger partial charge in [0.25, 0.3) is 0 Å². The summed E-state index contributed by atoms with van der Waals surface area (Å²) >= 11 is 0. The van der Waals surface area contributed by atoms with E-state index in [0.29, 0.717) is 23.2 Å². The average molecular weight is 444 g/mol. The number of pyridine rings is 1. The molecule has 0 aliphatic carbocycles. The van der Waals surface area contributed by atoms with E-state index < -0.39 is 0 Å². The summed E-state index contributed by atoms with van der Waals surface area (Å²) in [6.07, 6.45) is 9.25. The maximum absolute atomic E-state index is 13.3. The largest absolute Gasteiger partial charge is 0.301 e. The Morgan fingerprint density at radius 1 is 1.15 bits per heavy atom. The standard InChI is InChI=1S/C25H29N7O/c1-17(2)30-11-7-19(8-12-30)22-13-20(32(29-22)24-6-5-18(3)15-27-24)14-23(33)21-16-28-31-10-4-9-26-25(21)31/h4-6,9-10,13,15-17,19H,7-8,11-12,14H2,1-3H3. The summed E-state index contributed by atoms with van der Waals surface area (Å²) in [5.74, 6) is 1.09. The van der Waals surface area contributed by atoms with Gasteiger partial charge >= 0.3 is 0 Å². The third-order valence-corrected chi connectivity index (χ3v) is 6.51. The Labute approximate surface area is 193 Å². The molecule has 33 heavy (non-hydrogen) atoms. The molecule has 170 valence electrons. The number of hydrogen-bond donors (Lipinski definition) is 0. The van der Waals surface area contributed by atoms with Crippen LogP contribution in [0.25, 0.3) is 11.5 Å². The number of rotatable bonds is 6. The van der Waals surface area contributed by atoms with Gasteiger partial charge in [-0.15, -0.1) is 0 Å². The normalized spacial score (nSPS) is 15.5. The van der Waals surface area contributed by atoms with Crippen LogP contribution in [0.5, 0.6) is 0 Å². The lowest BCUT2D eigenvalue weighted by molar-refractivity contribution is 0.0992. The van der Waals surface area contributed by atoms with Gasteiger partial charge in [-0.25, -0.2) is 19.2 Å². The van der Waals surface area contributed by atoms with E-state index in [1.54, 1.807) is 29.2 Å². The molecule has 1 fully saturated rings. The van der Waals surface area contributed by atoms with Gasteiger partial charge in [0.2, 0.25) is 0 Å². The predicted molar refractivity (Wildman–Crippen MR) is 126 cm³/mol. The van der Waals surface area contributed by atoms with E-state index in [1.807, 2.05) is 29.9 Å². The Balaban J connectivity index is 1.46. The van der Waals surface area contributed by atoms with E-state index in [4.69, 9.17) is 5.10 Å². The Hall–Kier alpha value is -3.39. The minimum Gasteiger partial charge on any atom is -0.301 e. The van der Waals surface area contributed by atoms with Crippen molar-refractivity contribution in [3.05, 3.63) is 71.6 Å². The van der Waals surface area contributed by atoms with E-state index in [1.165, 1.54) is 0 Å². The number of hydrogen-bond acceptors (Lipinski definition) is 6. The Morgan fingerprint density at radius 3 is 2.70 bits per heavy atom. The quantitative estimate of drug-likeness (QED) is 0.423. The molecule has 4 aromatic heterocycles.